The predicted molar refractivity (Wildman–Crippen MR) is 76.3 cm³/mol. The molecule has 0 unspecified atom stereocenters. The Kier molecular flexibility index (Phi) is 3.77. The Labute approximate surface area is 122 Å². The molecular formula is C11H10BrClN4O2. The average Bonchev–Trinajstić information content (AvgIpc) is 2.59. The van der Waals surface area contributed by atoms with Crippen LogP contribution in [-0.4, -0.2) is 14.7 Å². The van der Waals surface area contributed by atoms with Gasteiger partial charge in [-0.15, -0.1) is 0 Å². The fourth-order valence-corrected chi connectivity index (χ4v) is 2.35. The van der Waals surface area contributed by atoms with E-state index in [-0.39, 0.29) is 23.7 Å². The van der Waals surface area contributed by atoms with Gasteiger partial charge in [0.05, 0.1) is 11.5 Å². The minimum atomic E-state index is -0.531. The van der Waals surface area contributed by atoms with E-state index in [0.717, 1.165) is 10.0 Å². The fourth-order valence-electron chi connectivity index (χ4n) is 1.76. The van der Waals surface area contributed by atoms with Gasteiger partial charge in [-0.3, -0.25) is 10.1 Å². The van der Waals surface area contributed by atoms with Gasteiger partial charge in [0.2, 0.25) is 5.82 Å². The Hall–Kier alpha value is -1.60. The van der Waals surface area contributed by atoms with Gasteiger partial charge in [-0.1, -0.05) is 27.5 Å². The van der Waals surface area contributed by atoms with Crippen molar-refractivity contribution in [1.29, 1.82) is 0 Å². The molecule has 8 heteroatoms. The molecule has 1 aromatic heterocycles. The van der Waals surface area contributed by atoms with Crippen LogP contribution in [0.25, 0.3) is 0 Å². The Morgan fingerprint density at radius 1 is 1.58 bits per heavy atom. The molecular weight excluding hydrogens is 336 g/mol. The highest BCUT2D eigenvalue weighted by molar-refractivity contribution is 9.10. The highest BCUT2D eigenvalue weighted by Crippen LogP contribution is 2.28. The standard InChI is InChI=1S/C11H10BrClN4O2/c1-6-10(17(18)19)11(14)16(15-6)5-7-4-8(12)2-3-9(7)13/h2-4H,5,14H2,1H3. The second-order valence-corrected chi connectivity index (χ2v) is 5.29. The highest BCUT2D eigenvalue weighted by Gasteiger charge is 2.23. The van der Waals surface area contributed by atoms with Crippen LogP contribution < -0.4 is 5.73 Å². The van der Waals surface area contributed by atoms with Gasteiger partial charge < -0.3 is 5.73 Å². The quantitative estimate of drug-likeness (QED) is 0.684. The van der Waals surface area contributed by atoms with E-state index in [2.05, 4.69) is 21.0 Å². The molecule has 2 N–H and O–H groups in total. The molecule has 0 atom stereocenters. The van der Waals surface area contributed by atoms with Crippen molar-refractivity contribution in [1.82, 2.24) is 9.78 Å². The van der Waals surface area contributed by atoms with Crippen molar-refractivity contribution in [3.63, 3.8) is 0 Å². The number of hydrogen-bond acceptors (Lipinski definition) is 4. The predicted octanol–water partition coefficient (Wildman–Crippen LogP) is 3.15. The van der Waals surface area contributed by atoms with Crippen LogP contribution in [0.1, 0.15) is 11.3 Å². The maximum absolute atomic E-state index is 10.9. The van der Waals surface area contributed by atoms with Crippen LogP contribution in [0.2, 0.25) is 5.02 Å². The summed E-state index contributed by atoms with van der Waals surface area (Å²) in [6.45, 7) is 1.83. The lowest BCUT2D eigenvalue weighted by molar-refractivity contribution is -0.384. The summed E-state index contributed by atoms with van der Waals surface area (Å²) in [7, 11) is 0. The van der Waals surface area contributed by atoms with Gasteiger partial charge in [0.15, 0.2) is 0 Å². The minimum Gasteiger partial charge on any atom is -0.378 e. The summed E-state index contributed by atoms with van der Waals surface area (Å²) in [5.74, 6) is 0.0264. The molecule has 0 radical (unpaired) electrons. The van der Waals surface area contributed by atoms with E-state index in [9.17, 15) is 10.1 Å². The summed E-state index contributed by atoms with van der Waals surface area (Å²) in [4.78, 5) is 10.3. The van der Waals surface area contributed by atoms with E-state index >= 15 is 0 Å². The van der Waals surface area contributed by atoms with E-state index in [0.29, 0.717) is 5.02 Å². The first-order valence-electron chi connectivity index (χ1n) is 5.31. The molecule has 0 aliphatic heterocycles. The largest absolute Gasteiger partial charge is 0.378 e. The van der Waals surface area contributed by atoms with Gasteiger partial charge in [-0.25, -0.2) is 4.68 Å². The van der Waals surface area contributed by atoms with E-state index in [4.69, 9.17) is 17.3 Å². The smallest absolute Gasteiger partial charge is 0.333 e. The Bertz CT molecular complexity index is 656. The van der Waals surface area contributed by atoms with Crippen molar-refractivity contribution in [3.8, 4) is 0 Å². The maximum atomic E-state index is 10.9. The average molecular weight is 346 g/mol. The summed E-state index contributed by atoms with van der Waals surface area (Å²) in [6, 6.07) is 5.37. The lowest BCUT2D eigenvalue weighted by Gasteiger charge is -2.06. The van der Waals surface area contributed by atoms with Gasteiger partial charge in [-0.05, 0) is 30.7 Å². The van der Waals surface area contributed by atoms with Gasteiger partial charge in [0, 0.05) is 9.50 Å². The normalized spacial score (nSPS) is 10.7. The number of nitro groups is 1. The summed E-state index contributed by atoms with van der Waals surface area (Å²) < 4.78 is 2.24. The second kappa shape index (κ2) is 5.18. The number of aromatic nitrogens is 2. The van der Waals surface area contributed by atoms with Crippen molar-refractivity contribution in [2.75, 3.05) is 5.73 Å². The summed E-state index contributed by atoms with van der Waals surface area (Å²) in [6.07, 6.45) is 0. The first-order chi connectivity index (χ1) is 8.90. The molecule has 100 valence electrons. The molecule has 2 rings (SSSR count). The number of rotatable bonds is 3. The molecule has 1 aromatic carbocycles. The molecule has 0 amide bonds. The molecule has 0 bridgehead atoms. The van der Waals surface area contributed by atoms with Crippen molar-refractivity contribution in [2.24, 2.45) is 0 Å². The molecule has 0 saturated carbocycles. The van der Waals surface area contributed by atoms with Crippen LogP contribution in [0.5, 0.6) is 0 Å². The van der Waals surface area contributed by atoms with Crippen LogP contribution in [0.15, 0.2) is 22.7 Å². The fraction of sp³-hybridized carbons (Fsp3) is 0.182. The van der Waals surface area contributed by atoms with E-state index < -0.39 is 4.92 Å². The minimum absolute atomic E-state index is 0.0264. The Morgan fingerprint density at radius 2 is 2.26 bits per heavy atom. The number of nitrogen functional groups attached to an aromatic ring is 1. The molecule has 2 aromatic rings. The van der Waals surface area contributed by atoms with Gasteiger partial charge in [-0.2, -0.15) is 5.10 Å². The third kappa shape index (κ3) is 2.71. The molecule has 0 saturated heterocycles. The number of anilines is 1. The molecule has 6 nitrogen and oxygen atoms in total. The third-order valence-corrected chi connectivity index (χ3v) is 3.51. The molecule has 0 spiro atoms. The van der Waals surface area contributed by atoms with Crippen molar-refractivity contribution >= 4 is 39.0 Å². The van der Waals surface area contributed by atoms with Crippen molar-refractivity contribution < 1.29 is 4.92 Å². The molecule has 0 aliphatic carbocycles. The van der Waals surface area contributed by atoms with Crippen LogP contribution in [0.3, 0.4) is 0 Å². The molecule has 0 fully saturated rings. The monoisotopic (exact) mass is 344 g/mol. The number of aryl methyl sites for hydroxylation is 1. The Balaban J connectivity index is 2.42. The SMILES string of the molecule is Cc1nn(Cc2cc(Br)ccc2Cl)c(N)c1[N+](=O)[O-]. The van der Waals surface area contributed by atoms with E-state index in [1.807, 2.05) is 12.1 Å². The summed E-state index contributed by atoms with van der Waals surface area (Å²) >= 11 is 9.41. The van der Waals surface area contributed by atoms with Crippen LogP contribution in [0, 0.1) is 17.0 Å². The van der Waals surface area contributed by atoms with Gasteiger partial charge in [0.1, 0.15) is 5.69 Å². The van der Waals surface area contributed by atoms with Crippen molar-refractivity contribution in [2.45, 2.75) is 13.5 Å². The number of benzene rings is 1. The van der Waals surface area contributed by atoms with Crippen LogP contribution >= 0.6 is 27.5 Å². The van der Waals surface area contributed by atoms with Crippen LogP contribution in [0.4, 0.5) is 11.5 Å². The second-order valence-electron chi connectivity index (χ2n) is 3.97. The molecule has 0 aliphatic rings. The zero-order valence-corrected chi connectivity index (χ0v) is 12.3. The number of nitrogens with two attached hydrogens (primary N) is 1. The maximum Gasteiger partial charge on any atom is 0.333 e. The van der Waals surface area contributed by atoms with E-state index in [1.165, 1.54) is 4.68 Å². The molecule has 1 heterocycles. The lowest BCUT2D eigenvalue weighted by atomic mass is 10.2. The van der Waals surface area contributed by atoms with Crippen LogP contribution in [-0.2, 0) is 6.54 Å². The zero-order valence-electron chi connectivity index (χ0n) is 9.93. The topological polar surface area (TPSA) is 87.0 Å². The number of halogens is 2. The van der Waals surface area contributed by atoms with Gasteiger partial charge in [0.25, 0.3) is 0 Å². The summed E-state index contributed by atoms with van der Waals surface area (Å²) in [5.41, 5.74) is 6.65. The Morgan fingerprint density at radius 3 is 2.84 bits per heavy atom. The highest BCUT2D eigenvalue weighted by atomic mass is 79.9. The molecule has 19 heavy (non-hydrogen) atoms. The summed E-state index contributed by atoms with van der Waals surface area (Å²) in [5, 5.41) is 15.5. The first-order valence-corrected chi connectivity index (χ1v) is 6.48. The van der Waals surface area contributed by atoms with E-state index in [1.54, 1.807) is 13.0 Å². The number of nitrogens with zero attached hydrogens (tertiary/aromatic N) is 3. The third-order valence-electron chi connectivity index (χ3n) is 2.64. The van der Waals surface area contributed by atoms with Gasteiger partial charge >= 0.3 is 5.69 Å². The van der Waals surface area contributed by atoms with Crippen molar-refractivity contribution in [3.05, 3.63) is 49.1 Å². The first kappa shape index (κ1) is 13.8. The zero-order chi connectivity index (χ0) is 14.2. The lowest BCUT2D eigenvalue weighted by Crippen LogP contribution is -2.07. The number of hydrogen-bond donors (Lipinski definition) is 1.